The van der Waals surface area contributed by atoms with Gasteiger partial charge in [-0.3, -0.25) is 0 Å². The summed E-state index contributed by atoms with van der Waals surface area (Å²) in [6.07, 6.45) is 1.89. The Balaban J connectivity index is 0.00000372. The normalized spacial score (nSPS) is 12.9. The van der Waals surface area contributed by atoms with Crippen molar-refractivity contribution in [3.8, 4) is 17.3 Å². The zero-order valence-corrected chi connectivity index (χ0v) is 31.6. The van der Waals surface area contributed by atoms with E-state index in [0.29, 0.717) is 11.5 Å². The number of anilines is 4. The van der Waals surface area contributed by atoms with Crippen LogP contribution < -0.4 is 14.5 Å². The average molecular weight is 869 g/mol. The summed E-state index contributed by atoms with van der Waals surface area (Å²) in [6.45, 7) is 8.76. The van der Waals surface area contributed by atoms with E-state index in [1.165, 1.54) is 5.56 Å². The Bertz CT molecular complexity index is 2820. The van der Waals surface area contributed by atoms with E-state index in [1.54, 1.807) is 0 Å². The third kappa shape index (κ3) is 5.57. The SMILES string of the molecule is CC(C)(C)c1ccnc(-n2c3[c-]c(Oc4[c-]c(N5[CH-]N(c6ccccc6)c6cc7oc8ccccc8c7cc65)ccc4)ccc3c3ccccc32)c1.[Pt]. The second-order valence-electron chi connectivity index (χ2n) is 14.2. The van der Waals surface area contributed by atoms with Crippen molar-refractivity contribution in [3.63, 3.8) is 0 Å². The molecule has 0 radical (unpaired) electrons. The maximum atomic E-state index is 6.55. The van der Waals surface area contributed by atoms with Gasteiger partial charge in [-0.15, -0.1) is 48.1 Å². The predicted molar refractivity (Wildman–Crippen MR) is 210 cm³/mol. The number of hydrogen-bond acceptors (Lipinski definition) is 5. The summed E-state index contributed by atoms with van der Waals surface area (Å²) in [7, 11) is 0. The van der Waals surface area contributed by atoms with Gasteiger partial charge in [0.2, 0.25) is 0 Å². The largest absolute Gasteiger partial charge is 0.509 e. The van der Waals surface area contributed by atoms with Crippen molar-refractivity contribution in [1.29, 1.82) is 0 Å². The number of furan rings is 1. The van der Waals surface area contributed by atoms with Crippen LogP contribution in [0.5, 0.6) is 11.5 Å². The van der Waals surface area contributed by atoms with Crippen LogP contribution in [0.15, 0.2) is 144 Å². The molecule has 262 valence electrons. The molecule has 0 atom stereocenters. The number of rotatable bonds is 5. The van der Waals surface area contributed by atoms with E-state index in [-0.39, 0.29) is 26.5 Å². The van der Waals surface area contributed by atoms with Crippen LogP contribution in [0.3, 0.4) is 0 Å². The molecule has 7 heteroatoms. The van der Waals surface area contributed by atoms with Crippen LogP contribution >= 0.6 is 0 Å². The molecule has 1 aliphatic rings. The molecule has 9 aromatic rings. The Labute approximate surface area is 322 Å². The Morgan fingerprint density at radius 3 is 2.25 bits per heavy atom. The molecule has 0 spiro atoms. The van der Waals surface area contributed by atoms with Gasteiger partial charge >= 0.3 is 0 Å². The molecule has 0 aliphatic carbocycles. The van der Waals surface area contributed by atoms with Gasteiger partial charge in [0.25, 0.3) is 0 Å². The van der Waals surface area contributed by atoms with Gasteiger partial charge in [-0.25, -0.2) is 4.98 Å². The number of fused-ring (bicyclic) bond motifs is 7. The van der Waals surface area contributed by atoms with E-state index in [1.807, 2.05) is 48.7 Å². The standard InChI is InChI=1S/C46H33N4O2.Pt/c1-46(2,3)30-22-23-47-45(24-30)50-39-18-9-7-16-35(39)36-21-20-34(26-40(36)50)51-33-15-11-14-32(25-33)49-29-48(31-12-5-4-6-13-31)42-28-44-38(27-41(42)49)37-17-8-10-19-43(37)52-44;/h4-24,27-29H,1-3H3;/q-3;. The summed E-state index contributed by atoms with van der Waals surface area (Å²) >= 11 is 0. The number of para-hydroxylation sites is 3. The van der Waals surface area contributed by atoms with Crippen LogP contribution in [-0.2, 0) is 26.5 Å². The Kier molecular flexibility index (Phi) is 7.90. The van der Waals surface area contributed by atoms with Gasteiger partial charge in [-0.1, -0.05) is 80.9 Å². The first kappa shape index (κ1) is 33.0. The summed E-state index contributed by atoms with van der Waals surface area (Å²) in [4.78, 5) is 9.17. The third-order valence-electron chi connectivity index (χ3n) is 9.89. The Morgan fingerprint density at radius 1 is 0.642 bits per heavy atom. The zero-order chi connectivity index (χ0) is 35.0. The predicted octanol–water partition coefficient (Wildman–Crippen LogP) is 12.2. The van der Waals surface area contributed by atoms with Crippen LogP contribution in [0.25, 0.3) is 49.6 Å². The molecule has 0 bridgehead atoms. The summed E-state index contributed by atoms with van der Waals surface area (Å²) in [5.74, 6) is 2.04. The smallest absolute Gasteiger partial charge is 0.137 e. The average Bonchev–Trinajstić information content (AvgIpc) is 3.83. The first-order valence-corrected chi connectivity index (χ1v) is 17.5. The summed E-state index contributed by atoms with van der Waals surface area (Å²) < 4.78 is 15.0. The van der Waals surface area contributed by atoms with Crippen molar-refractivity contribution in [2.24, 2.45) is 0 Å². The molecule has 6 aromatic carbocycles. The molecule has 1 aliphatic heterocycles. The van der Waals surface area contributed by atoms with E-state index in [4.69, 9.17) is 14.1 Å². The fraction of sp³-hybridized carbons (Fsp3) is 0.0870. The fourth-order valence-electron chi connectivity index (χ4n) is 7.29. The van der Waals surface area contributed by atoms with E-state index < -0.39 is 0 Å². The topological polar surface area (TPSA) is 46.7 Å². The first-order chi connectivity index (χ1) is 25.4. The molecule has 0 unspecified atom stereocenters. The van der Waals surface area contributed by atoms with Gasteiger partial charge in [-0.2, -0.15) is 12.1 Å². The molecule has 0 saturated carbocycles. The summed E-state index contributed by atoms with van der Waals surface area (Å²) in [6, 6.07) is 52.8. The third-order valence-corrected chi connectivity index (χ3v) is 9.89. The van der Waals surface area contributed by atoms with E-state index >= 15 is 0 Å². The molecule has 0 saturated heterocycles. The maximum Gasteiger partial charge on any atom is 0.137 e. The van der Waals surface area contributed by atoms with Gasteiger partial charge in [0.1, 0.15) is 17.0 Å². The molecule has 0 amide bonds. The van der Waals surface area contributed by atoms with E-state index in [9.17, 15) is 0 Å². The molecule has 0 N–H and O–H groups in total. The Hall–Kier alpha value is -5.84. The number of aromatic nitrogens is 2. The second-order valence-corrected chi connectivity index (χ2v) is 14.2. The van der Waals surface area contributed by atoms with Crippen molar-refractivity contribution in [2.45, 2.75) is 26.2 Å². The van der Waals surface area contributed by atoms with Crippen LogP contribution in [0, 0.1) is 18.8 Å². The fourth-order valence-corrected chi connectivity index (χ4v) is 7.29. The molecule has 0 fully saturated rings. The van der Waals surface area contributed by atoms with Gasteiger partial charge in [-0.05, 0) is 58.8 Å². The molecule has 10 rings (SSSR count). The Morgan fingerprint density at radius 2 is 1.40 bits per heavy atom. The number of hydrogen-bond donors (Lipinski definition) is 0. The van der Waals surface area contributed by atoms with Crippen LogP contribution in [0.2, 0.25) is 0 Å². The van der Waals surface area contributed by atoms with Crippen molar-refractivity contribution in [3.05, 3.63) is 164 Å². The monoisotopic (exact) mass is 868 g/mol. The van der Waals surface area contributed by atoms with Gasteiger partial charge in [0.15, 0.2) is 0 Å². The van der Waals surface area contributed by atoms with E-state index in [2.05, 4.69) is 145 Å². The quantitative estimate of drug-likeness (QED) is 0.161. The van der Waals surface area contributed by atoms with Crippen molar-refractivity contribution >= 4 is 66.5 Å². The molecule has 3 aromatic heterocycles. The van der Waals surface area contributed by atoms with Crippen LogP contribution in [-0.4, -0.2) is 9.55 Å². The van der Waals surface area contributed by atoms with Crippen molar-refractivity contribution in [2.75, 3.05) is 9.80 Å². The van der Waals surface area contributed by atoms with Gasteiger partial charge < -0.3 is 23.5 Å². The molecule has 6 nitrogen and oxygen atoms in total. The molecular formula is C46H33N4O2Pt-3. The zero-order valence-electron chi connectivity index (χ0n) is 29.3. The number of ether oxygens (including phenoxy) is 1. The minimum Gasteiger partial charge on any atom is -0.509 e. The van der Waals surface area contributed by atoms with Gasteiger partial charge in [0, 0.05) is 78.2 Å². The molecule has 4 heterocycles. The summed E-state index contributed by atoms with van der Waals surface area (Å²) in [5, 5.41) is 4.38. The van der Waals surface area contributed by atoms with Crippen LogP contribution in [0.1, 0.15) is 26.3 Å². The second kappa shape index (κ2) is 12.7. The maximum absolute atomic E-state index is 6.55. The molecule has 53 heavy (non-hydrogen) atoms. The van der Waals surface area contributed by atoms with Crippen molar-refractivity contribution < 1.29 is 30.2 Å². The van der Waals surface area contributed by atoms with E-state index in [0.717, 1.165) is 72.3 Å². The van der Waals surface area contributed by atoms with Gasteiger partial charge in [0.05, 0.1) is 0 Å². The number of pyridine rings is 1. The first-order valence-electron chi connectivity index (χ1n) is 17.5. The minimum absolute atomic E-state index is 0. The van der Waals surface area contributed by atoms with Crippen molar-refractivity contribution in [1.82, 2.24) is 9.55 Å². The molecular weight excluding hydrogens is 836 g/mol. The minimum atomic E-state index is -0.0149. The number of benzene rings is 6. The summed E-state index contributed by atoms with van der Waals surface area (Å²) in [5.41, 5.74) is 8.85. The number of nitrogens with zero attached hydrogens (tertiary/aromatic N) is 4. The van der Waals surface area contributed by atoms with Crippen LogP contribution in [0.4, 0.5) is 22.7 Å².